The minimum absolute atomic E-state index is 0.0733. The van der Waals surface area contributed by atoms with Gasteiger partial charge in [-0.3, -0.25) is 4.79 Å². The quantitative estimate of drug-likeness (QED) is 0.642. The first-order valence-electron chi connectivity index (χ1n) is 10.0. The van der Waals surface area contributed by atoms with Crippen molar-refractivity contribution in [3.05, 3.63) is 58.1 Å². The Kier molecular flexibility index (Phi) is 7.49. The lowest BCUT2D eigenvalue weighted by Gasteiger charge is -2.20. The fraction of sp³-hybridized carbons (Fsp3) is 0.409. The Bertz CT molecular complexity index is 951. The van der Waals surface area contributed by atoms with Crippen LogP contribution in [-0.2, 0) is 21.2 Å². The lowest BCUT2D eigenvalue weighted by Crippen LogP contribution is -2.31. The summed E-state index contributed by atoms with van der Waals surface area (Å²) in [5.41, 5.74) is 2.81. The molecule has 1 aliphatic rings. The first kappa shape index (κ1) is 22.0. The van der Waals surface area contributed by atoms with Crippen LogP contribution >= 0.6 is 15.9 Å². The third kappa shape index (κ3) is 5.90. The Labute approximate surface area is 181 Å². The van der Waals surface area contributed by atoms with Gasteiger partial charge in [-0.25, -0.2) is 8.42 Å². The second kappa shape index (κ2) is 9.87. The summed E-state index contributed by atoms with van der Waals surface area (Å²) < 4.78 is 28.1. The summed E-state index contributed by atoms with van der Waals surface area (Å²) in [5, 5.41) is 2.90. The molecule has 1 heterocycles. The lowest BCUT2D eigenvalue weighted by molar-refractivity contribution is -0.116. The SMILES string of the molecule is Cc1ccc(NC(=O)CCc2ccc(S(=O)(=O)N3CCCCCC3)cc2)c(Br)c1. The van der Waals surface area contributed by atoms with E-state index in [0.29, 0.717) is 30.8 Å². The molecule has 0 aromatic heterocycles. The van der Waals surface area contributed by atoms with E-state index in [1.807, 2.05) is 25.1 Å². The molecule has 5 nitrogen and oxygen atoms in total. The van der Waals surface area contributed by atoms with Crippen LogP contribution in [0.25, 0.3) is 0 Å². The number of anilines is 1. The molecular weight excluding hydrogens is 452 g/mol. The maximum absolute atomic E-state index is 12.8. The second-order valence-corrected chi connectivity index (χ2v) is 10.3. The van der Waals surface area contributed by atoms with E-state index in [2.05, 4.69) is 21.2 Å². The predicted octanol–water partition coefficient (Wildman–Crippen LogP) is 4.89. The minimum Gasteiger partial charge on any atom is -0.325 e. The smallest absolute Gasteiger partial charge is 0.243 e. The van der Waals surface area contributed by atoms with Gasteiger partial charge in [-0.2, -0.15) is 4.31 Å². The number of sulfonamides is 1. The van der Waals surface area contributed by atoms with Crippen molar-refractivity contribution >= 4 is 37.5 Å². The highest BCUT2D eigenvalue weighted by Crippen LogP contribution is 2.24. The fourth-order valence-electron chi connectivity index (χ4n) is 3.45. The highest BCUT2D eigenvalue weighted by Gasteiger charge is 2.24. The van der Waals surface area contributed by atoms with Crippen molar-refractivity contribution < 1.29 is 13.2 Å². The average molecular weight is 479 g/mol. The van der Waals surface area contributed by atoms with Gasteiger partial charge in [-0.15, -0.1) is 0 Å². The van der Waals surface area contributed by atoms with Crippen molar-refractivity contribution in [1.82, 2.24) is 4.31 Å². The predicted molar refractivity (Wildman–Crippen MR) is 119 cm³/mol. The molecular formula is C22H27BrN2O3S. The number of halogens is 1. The van der Waals surface area contributed by atoms with E-state index in [0.717, 1.165) is 47.0 Å². The maximum atomic E-state index is 12.8. The number of nitrogens with one attached hydrogen (secondary N) is 1. The van der Waals surface area contributed by atoms with Gasteiger partial charge in [0, 0.05) is 24.0 Å². The van der Waals surface area contributed by atoms with Gasteiger partial charge in [0.15, 0.2) is 0 Å². The van der Waals surface area contributed by atoms with Crippen molar-refractivity contribution in [2.75, 3.05) is 18.4 Å². The number of rotatable bonds is 6. The highest BCUT2D eigenvalue weighted by atomic mass is 79.9. The minimum atomic E-state index is -3.43. The third-order valence-electron chi connectivity index (χ3n) is 5.17. The van der Waals surface area contributed by atoms with Gasteiger partial charge in [0.05, 0.1) is 10.6 Å². The molecule has 2 aromatic carbocycles. The van der Waals surface area contributed by atoms with Crippen molar-refractivity contribution in [3.63, 3.8) is 0 Å². The average Bonchev–Trinajstić information content (AvgIpc) is 2.99. The molecule has 1 N–H and O–H groups in total. The van der Waals surface area contributed by atoms with Gasteiger partial charge >= 0.3 is 0 Å². The summed E-state index contributed by atoms with van der Waals surface area (Å²) in [6.45, 7) is 3.19. The van der Waals surface area contributed by atoms with Gasteiger partial charge in [0.1, 0.15) is 0 Å². The van der Waals surface area contributed by atoms with Gasteiger partial charge in [0.2, 0.25) is 15.9 Å². The molecule has 1 saturated heterocycles. The van der Waals surface area contributed by atoms with Gasteiger partial charge in [0.25, 0.3) is 0 Å². The molecule has 0 bridgehead atoms. The van der Waals surface area contributed by atoms with E-state index in [-0.39, 0.29) is 5.91 Å². The Morgan fingerprint density at radius 3 is 2.31 bits per heavy atom. The normalized spacial score (nSPS) is 15.7. The summed E-state index contributed by atoms with van der Waals surface area (Å²) >= 11 is 3.46. The third-order valence-corrected chi connectivity index (χ3v) is 7.73. The fourth-order valence-corrected chi connectivity index (χ4v) is 5.56. The summed E-state index contributed by atoms with van der Waals surface area (Å²) in [4.78, 5) is 12.6. The number of benzene rings is 2. The molecule has 0 spiro atoms. The summed E-state index contributed by atoms with van der Waals surface area (Å²) in [7, 11) is -3.43. The van der Waals surface area contributed by atoms with Crippen LogP contribution in [0, 0.1) is 6.92 Å². The van der Waals surface area contributed by atoms with Crippen LogP contribution in [0.4, 0.5) is 5.69 Å². The molecule has 0 radical (unpaired) electrons. The molecule has 0 atom stereocenters. The number of hydrogen-bond donors (Lipinski definition) is 1. The molecule has 2 aromatic rings. The van der Waals surface area contributed by atoms with Gasteiger partial charge in [-0.05, 0) is 77.5 Å². The first-order chi connectivity index (χ1) is 13.9. The molecule has 3 rings (SSSR count). The van der Waals surface area contributed by atoms with Crippen LogP contribution in [0.15, 0.2) is 51.8 Å². The number of hydrogen-bond acceptors (Lipinski definition) is 3. The molecule has 0 saturated carbocycles. The van der Waals surface area contributed by atoms with E-state index in [1.165, 1.54) is 0 Å². The van der Waals surface area contributed by atoms with Crippen LogP contribution in [0.3, 0.4) is 0 Å². The Hall–Kier alpha value is -1.70. The standard InChI is InChI=1S/C22H27BrN2O3S/c1-17-6-12-21(20(23)16-17)24-22(26)13-9-18-7-10-19(11-8-18)29(27,28)25-14-4-2-3-5-15-25/h6-8,10-12,16H,2-5,9,13-15H2,1H3,(H,24,26). The van der Waals surface area contributed by atoms with Crippen LogP contribution < -0.4 is 5.32 Å². The van der Waals surface area contributed by atoms with E-state index < -0.39 is 10.0 Å². The molecule has 1 amide bonds. The maximum Gasteiger partial charge on any atom is 0.243 e. The Morgan fingerprint density at radius 2 is 1.69 bits per heavy atom. The topological polar surface area (TPSA) is 66.5 Å². The zero-order chi connectivity index (χ0) is 20.9. The monoisotopic (exact) mass is 478 g/mol. The molecule has 156 valence electrons. The number of carbonyl (C=O) groups is 1. The number of nitrogens with zero attached hydrogens (tertiary/aromatic N) is 1. The first-order valence-corrected chi connectivity index (χ1v) is 12.2. The Morgan fingerprint density at radius 1 is 1.03 bits per heavy atom. The van der Waals surface area contributed by atoms with Crippen LogP contribution in [0.2, 0.25) is 0 Å². The number of carbonyl (C=O) groups excluding carboxylic acids is 1. The van der Waals surface area contributed by atoms with E-state index in [1.54, 1.807) is 28.6 Å². The zero-order valence-corrected chi connectivity index (χ0v) is 19.1. The van der Waals surface area contributed by atoms with Crippen LogP contribution in [-0.4, -0.2) is 31.7 Å². The molecule has 0 aliphatic carbocycles. The van der Waals surface area contributed by atoms with Crippen molar-refractivity contribution in [1.29, 1.82) is 0 Å². The largest absolute Gasteiger partial charge is 0.325 e. The zero-order valence-electron chi connectivity index (χ0n) is 16.7. The van der Waals surface area contributed by atoms with Crippen LogP contribution in [0.1, 0.15) is 43.2 Å². The van der Waals surface area contributed by atoms with Crippen molar-refractivity contribution in [3.8, 4) is 0 Å². The highest BCUT2D eigenvalue weighted by molar-refractivity contribution is 9.10. The molecule has 7 heteroatoms. The Balaban J connectivity index is 1.58. The summed E-state index contributed by atoms with van der Waals surface area (Å²) in [5.74, 6) is -0.0733. The van der Waals surface area contributed by atoms with Crippen LogP contribution in [0.5, 0.6) is 0 Å². The molecule has 1 fully saturated rings. The number of aryl methyl sites for hydroxylation is 2. The molecule has 1 aliphatic heterocycles. The number of amides is 1. The molecule has 0 unspecified atom stereocenters. The molecule has 29 heavy (non-hydrogen) atoms. The van der Waals surface area contributed by atoms with E-state index >= 15 is 0 Å². The summed E-state index contributed by atoms with van der Waals surface area (Å²) in [6.07, 6.45) is 4.91. The van der Waals surface area contributed by atoms with Crippen molar-refractivity contribution in [2.24, 2.45) is 0 Å². The van der Waals surface area contributed by atoms with E-state index in [4.69, 9.17) is 0 Å². The van der Waals surface area contributed by atoms with E-state index in [9.17, 15) is 13.2 Å². The van der Waals surface area contributed by atoms with Crippen molar-refractivity contribution in [2.45, 2.75) is 50.3 Å². The van der Waals surface area contributed by atoms with Gasteiger partial charge in [-0.1, -0.05) is 31.0 Å². The van der Waals surface area contributed by atoms with Gasteiger partial charge < -0.3 is 5.32 Å². The summed E-state index contributed by atoms with van der Waals surface area (Å²) in [6, 6.07) is 12.7. The lowest BCUT2D eigenvalue weighted by atomic mass is 10.1. The second-order valence-electron chi connectivity index (χ2n) is 7.49.